The molecule has 24 heavy (non-hydrogen) atoms. The molecular formula is C17H22N6S. The fourth-order valence-electron chi connectivity index (χ4n) is 3.35. The Hall–Kier alpha value is -2.02. The van der Waals surface area contributed by atoms with Crippen LogP contribution in [-0.2, 0) is 6.42 Å². The fourth-order valence-corrected chi connectivity index (χ4v) is 4.30. The zero-order chi connectivity index (χ0) is 16.7. The van der Waals surface area contributed by atoms with Gasteiger partial charge < -0.3 is 4.90 Å². The van der Waals surface area contributed by atoms with E-state index >= 15 is 0 Å². The van der Waals surface area contributed by atoms with Crippen LogP contribution in [0.4, 0.5) is 5.82 Å². The van der Waals surface area contributed by atoms with Crippen molar-refractivity contribution in [3.63, 3.8) is 0 Å². The van der Waals surface area contributed by atoms with Gasteiger partial charge in [0.15, 0.2) is 5.65 Å². The molecule has 3 aromatic rings. The summed E-state index contributed by atoms with van der Waals surface area (Å²) in [4.78, 5) is 7.01. The Kier molecular flexibility index (Phi) is 3.96. The van der Waals surface area contributed by atoms with Gasteiger partial charge in [-0.1, -0.05) is 6.92 Å². The van der Waals surface area contributed by atoms with Crippen molar-refractivity contribution < 1.29 is 0 Å². The number of hydrogen-bond acceptors (Lipinski definition) is 6. The average Bonchev–Trinajstić information content (AvgIpc) is 3.20. The molecule has 1 aliphatic heterocycles. The van der Waals surface area contributed by atoms with Crippen molar-refractivity contribution in [2.45, 2.75) is 46.0 Å². The van der Waals surface area contributed by atoms with Gasteiger partial charge in [0.2, 0.25) is 0 Å². The molecule has 126 valence electrons. The first kappa shape index (κ1) is 15.5. The summed E-state index contributed by atoms with van der Waals surface area (Å²) < 4.78 is 1.97. The second-order valence-electron chi connectivity index (χ2n) is 6.46. The van der Waals surface area contributed by atoms with Crippen LogP contribution in [0, 0.1) is 13.8 Å². The maximum absolute atomic E-state index is 4.61. The van der Waals surface area contributed by atoms with Gasteiger partial charge in [0.1, 0.15) is 15.8 Å². The van der Waals surface area contributed by atoms with Crippen LogP contribution in [0.15, 0.2) is 12.1 Å². The number of aryl methyl sites for hydroxylation is 3. The average molecular weight is 342 g/mol. The molecule has 4 rings (SSSR count). The van der Waals surface area contributed by atoms with E-state index in [2.05, 4.69) is 38.2 Å². The molecule has 1 aliphatic rings. The second-order valence-corrected chi connectivity index (χ2v) is 7.55. The van der Waals surface area contributed by atoms with Crippen LogP contribution < -0.4 is 4.90 Å². The first-order valence-corrected chi connectivity index (χ1v) is 9.37. The van der Waals surface area contributed by atoms with Crippen molar-refractivity contribution in [3.8, 4) is 0 Å². The molecule has 0 unspecified atom stereocenters. The summed E-state index contributed by atoms with van der Waals surface area (Å²) >= 11 is 1.78. The molecule has 0 amide bonds. The van der Waals surface area contributed by atoms with Gasteiger partial charge in [-0.05, 0) is 33.1 Å². The Balaban J connectivity index is 1.55. The minimum Gasteiger partial charge on any atom is -0.356 e. The largest absolute Gasteiger partial charge is 0.356 e. The monoisotopic (exact) mass is 342 g/mol. The topological polar surface area (TPSA) is 59.2 Å². The number of piperidine rings is 1. The molecule has 0 spiro atoms. The lowest BCUT2D eigenvalue weighted by Crippen LogP contribution is -2.34. The van der Waals surface area contributed by atoms with Crippen LogP contribution >= 0.6 is 11.3 Å². The SMILES string of the molecule is CCc1nnc(C2CCN(c3cc(C)nc4cc(C)nn34)CC2)s1. The minimum atomic E-state index is 0.539. The van der Waals surface area contributed by atoms with E-state index in [1.54, 1.807) is 11.3 Å². The Morgan fingerprint density at radius 1 is 1.12 bits per heavy atom. The number of rotatable bonds is 3. The quantitative estimate of drug-likeness (QED) is 0.732. The molecule has 0 atom stereocenters. The smallest absolute Gasteiger partial charge is 0.157 e. The Morgan fingerprint density at radius 3 is 2.62 bits per heavy atom. The van der Waals surface area contributed by atoms with Crippen molar-refractivity contribution in [1.82, 2.24) is 24.8 Å². The normalized spacial score (nSPS) is 16.2. The molecule has 1 fully saturated rings. The molecule has 6 nitrogen and oxygen atoms in total. The maximum Gasteiger partial charge on any atom is 0.157 e. The highest BCUT2D eigenvalue weighted by atomic mass is 32.1. The lowest BCUT2D eigenvalue weighted by molar-refractivity contribution is 0.495. The predicted octanol–water partition coefficient (Wildman–Crippen LogP) is 3.14. The first-order valence-electron chi connectivity index (χ1n) is 8.55. The lowest BCUT2D eigenvalue weighted by atomic mass is 9.97. The molecule has 3 aromatic heterocycles. The first-order chi connectivity index (χ1) is 11.6. The van der Waals surface area contributed by atoms with Crippen LogP contribution in [0.2, 0.25) is 0 Å². The lowest BCUT2D eigenvalue weighted by Gasteiger charge is -2.32. The zero-order valence-electron chi connectivity index (χ0n) is 14.4. The highest BCUT2D eigenvalue weighted by Gasteiger charge is 2.25. The number of fused-ring (bicyclic) bond motifs is 1. The molecule has 0 N–H and O–H groups in total. The van der Waals surface area contributed by atoms with Gasteiger partial charge in [0, 0.05) is 36.8 Å². The molecule has 4 heterocycles. The Morgan fingerprint density at radius 2 is 1.92 bits per heavy atom. The summed E-state index contributed by atoms with van der Waals surface area (Å²) in [5, 5.41) is 15.6. The van der Waals surface area contributed by atoms with E-state index in [0.717, 1.165) is 60.2 Å². The van der Waals surface area contributed by atoms with Crippen molar-refractivity contribution in [3.05, 3.63) is 33.5 Å². The Bertz CT molecular complexity index is 859. The van der Waals surface area contributed by atoms with Crippen molar-refractivity contribution in [2.75, 3.05) is 18.0 Å². The summed E-state index contributed by atoms with van der Waals surface area (Å²) in [5.41, 5.74) is 2.97. The summed E-state index contributed by atoms with van der Waals surface area (Å²) in [6.45, 7) is 8.23. The van der Waals surface area contributed by atoms with Crippen LogP contribution in [0.1, 0.15) is 47.1 Å². The third kappa shape index (κ3) is 2.77. The van der Waals surface area contributed by atoms with Gasteiger partial charge in [-0.25, -0.2) is 4.98 Å². The number of hydrogen-bond donors (Lipinski definition) is 0. The van der Waals surface area contributed by atoms with Crippen molar-refractivity contribution in [1.29, 1.82) is 0 Å². The van der Waals surface area contributed by atoms with Gasteiger partial charge in [0.25, 0.3) is 0 Å². The minimum absolute atomic E-state index is 0.539. The highest BCUT2D eigenvalue weighted by Crippen LogP contribution is 2.32. The van der Waals surface area contributed by atoms with Gasteiger partial charge in [-0.2, -0.15) is 9.61 Å². The molecule has 7 heteroatoms. The summed E-state index contributed by atoms with van der Waals surface area (Å²) in [7, 11) is 0. The van der Waals surface area contributed by atoms with E-state index in [-0.39, 0.29) is 0 Å². The van der Waals surface area contributed by atoms with E-state index in [9.17, 15) is 0 Å². The molecule has 0 saturated carbocycles. The van der Waals surface area contributed by atoms with Gasteiger partial charge in [-0.3, -0.25) is 0 Å². The molecule has 0 aliphatic carbocycles. The van der Waals surface area contributed by atoms with Crippen LogP contribution in [0.3, 0.4) is 0 Å². The molecule has 0 radical (unpaired) electrons. The van der Waals surface area contributed by atoms with E-state index in [4.69, 9.17) is 0 Å². The second kappa shape index (κ2) is 6.12. The molecule has 0 bridgehead atoms. The van der Waals surface area contributed by atoms with E-state index in [0.29, 0.717) is 5.92 Å². The van der Waals surface area contributed by atoms with Crippen LogP contribution in [0.25, 0.3) is 5.65 Å². The highest BCUT2D eigenvalue weighted by molar-refractivity contribution is 7.11. The third-order valence-electron chi connectivity index (χ3n) is 4.61. The third-order valence-corrected chi connectivity index (χ3v) is 5.84. The molecule has 0 aromatic carbocycles. The summed E-state index contributed by atoms with van der Waals surface area (Å²) in [6.07, 6.45) is 3.20. The van der Waals surface area contributed by atoms with Crippen LogP contribution in [0.5, 0.6) is 0 Å². The summed E-state index contributed by atoms with van der Waals surface area (Å²) in [5.74, 6) is 1.69. The maximum atomic E-state index is 4.61. The summed E-state index contributed by atoms with van der Waals surface area (Å²) in [6, 6.07) is 4.18. The number of nitrogens with zero attached hydrogens (tertiary/aromatic N) is 6. The van der Waals surface area contributed by atoms with E-state index in [1.165, 1.54) is 5.01 Å². The van der Waals surface area contributed by atoms with Gasteiger partial charge in [-0.15, -0.1) is 21.5 Å². The fraction of sp³-hybridized carbons (Fsp3) is 0.529. The van der Waals surface area contributed by atoms with Gasteiger partial charge in [0.05, 0.1) is 5.69 Å². The number of aromatic nitrogens is 5. The standard InChI is InChI=1S/C17H22N6S/c1-4-15-19-20-17(24-15)13-5-7-22(8-6-13)16-10-11(2)18-14-9-12(3)21-23(14)16/h9-10,13H,4-8H2,1-3H3. The predicted molar refractivity (Wildman–Crippen MR) is 95.9 cm³/mol. The van der Waals surface area contributed by atoms with Crippen LogP contribution in [-0.4, -0.2) is 37.9 Å². The molecule has 1 saturated heterocycles. The van der Waals surface area contributed by atoms with Crippen molar-refractivity contribution >= 4 is 22.8 Å². The Labute approximate surface area is 145 Å². The number of anilines is 1. The molecular weight excluding hydrogens is 320 g/mol. The van der Waals surface area contributed by atoms with E-state index in [1.807, 2.05) is 24.4 Å². The van der Waals surface area contributed by atoms with E-state index < -0.39 is 0 Å². The zero-order valence-corrected chi connectivity index (χ0v) is 15.2. The van der Waals surface area contributed by atoms with Gasteiger partial charge >= 0.3 is 0 Å². The van der Waals surface area contributed by atoms with Crippen molar-refractivity contribution in [2.24, 2.45) is 0 Å².